The van der Waals surface area contributed by atoms with Crippen LogP contribution in [0.2, 0.25) is 5.02 Å². The first kappa shape index (κ1) is 22.8. The lowest BCUT2D eigenvalue weighted by Gasteiger charge is -2.32. The summed E-state index contributed by atoms with van der Waals surface area (Å²) >= 11 is 8.59. The molecule has 162 valence electrons. The van der Waals surface area contributed by atoms with Crippen molar-refractivity contribution in [2.45, 2.75) is 42.9 Å². The molecule has 0 saturated heterocycles. The second-order valence-electron chi connectivity index (χ2n) is 7.26. The zero-order chi connectivity index (χ0) is 21.8. The number of hydrogen-bond donors (Lipinski definition) is 1. The highest BCUT2D eigenvalue weighted by molar-refractivity contribution is 8.01. The standard InChI is InChI=1S/C20H23ClFN3O3S2/c1-12(18(26)27)11-29-17-10-23-19(30-17)24(2)20(28)25(14-5-3-4-6-14)16-8-7-13(21)9-15(16)22/h7-10,12,14H,3-6,11H2,1-2H3,(H,26,27). The molecule has 1 N–H and O–H groups in total. The Morgan fingerprint density at radius 2 is 2.10 bits per heavy atom. The highest BCUT2D eigenvalue weighted by Gasteiger charge is 2.33. The highest BCUT2D eigenvalue weighted by Crippen LogP contribution is 2.35. The molecule has 2 amide bonds. The summed E-state index contributed by atoms with van der Waals surface area (Å²) in [5, 5.41) is 9.77. The molecule has 0 spiro atoms. The van der Waals surface area contributed by atoms with E-state index in [-0.39, 0.29) is 22.8 Å². The maximum absolute atomic E-state index is 14.7. The summed E-state index contributed by atoms with van der Waals surface area (Å²) in [4.78, 5) is 31.6. The SMILES string of the molecule is CC(CSc1cnc(N(C)C(=O)N(c2ccc(Cl)cc2F)C2CCCC2)s1)C(=O)O. The third-order valence-electron chi connectivity index (χ3n) is 5.01. The molecule has 1 aliphatic rings. The lowest BCUT2D eigenvalue weighted by molar-refractivity contribution is -0.140. The van der Waals surface area contributed by atoms with Gasteiger partial charge >= 0.3 is 12.0 Å². The molecule has 0 aliphatic heterocycles. The van der Waals surface area contributed by atoms with Gasteiger partial charge < -0.3 is 5.11 Å². The number of carboxylic acid groups (broad SMARTS) is 1. The molecule has 1 fully saturated rings. The van der Waals surface area contributed by atoms with E-state index in [0.717, 1.165) is 29.9 Å². The van der Waals surface area contributed by atoms with Crippen molar-refractivity contribution in [2.75, 3.05) is 22.6 Å². The average molecular weight is 472 g/mol. The summed E-state index contributed by atoms with van der Waals surface area (Å²) in [5.74, 6) is -1.45. The summed E-state index contributed by atoms with van der Waals surface area (Å²) in [5.41, 5.74) is 0.213. The number of amides is 2. The molecular weight excluding hydrogens is 449 g/mol. The van der Waals surface area contributed by atoms with Crippen molar-refractivity contribution in [1.29, 1.82) is 0 Å². The van der Waals surface area contributed by atoms with Crippen LogP contribution in [-0.2, 0) is 4.79 Å². The van der Waals surface area contributed by atoms with Crippen LogP contribution in [0.25, 0.3) is 0 Å². The van der Waals surface area contributed by atoms with Gasteiger partial charge in [0.15, 0.2) is 5.13 Å². The van der Waals surface area contributed by atoms with Gasteiger partial charge in [0.25, 0.3) is 0 Å². The van der Waals surface area contributed by atoms with E-state index in [0.29, 0.717) is 10.9 Å². The molecule has 1 aliphatic carbocycles. The molecule has 1 aromatic heterocycles. The van der Waals surface area contributed by atoms with E-state index in [9.17, 15) is 14.0 Å². The van der Waals surface area contributed by atoms with Crippen LogP contribution in [0, 0.1) is 11.7 Å². The van der Waals surface area contributed by atoms with Gasteiger partial charge in [-0.15, -0.1) is 11.8 Å². The van der Waals surface area contributed by atoms with Crippen molar-refractivity contribution >= 4 is 57.5 Å². The van der Waals surface area contributed by atoms with Gasteiger partial charge in [-0.25, -0.2) is 14.2 Å². The van der Waals surface area contributed by atoms with Crippen LogP contribution in [0.5, 0.6) is 0 Å². The number of anilines is 2. The van der Waals surface area contributed by atoms with Gasteiger partial charge in [0.05, 0.1) is 22.0 Å². The first-order valence-electron chi connectivity index (χ1n) is 9.61. The number of halogens is 2. The van der Waals surface area contributed by atoms with Crippen LogP contribution >= 0.6 is 34.7 Å². The number of benzene rings is 1. The number of thioether (sulfide) groups is 1. The largest absolute Gasteiger partial charge is 0.481 e. The fourth-order valence-corrected chi connectivity index (χ4v) is 5.40. The van der Waals surface area contributed by atoms with Crippen LogP contribution in [0.3, 0.4) is 0 Å². The Balaban J connectivity index is 1.80. The lowest BCUT2D eigenvalue weighted by atomic mass is 10.1. The second-order valence-corrected chi connectivity index (χ2v) is 10.0. The van der Waals surface area contributed by atoms with Gasteiger partial charge in [-0.3, -0.25) is 14.6 Å². The number of carbonyl (C=O) groups excluding carboxylic acids is 1. The number of rotatable bonds is 7. The van der Waals surface area contributed by atoms with Crippen LogP contribution in [-0.4, -0.2) is 40.9 Å². The summed E-state index contributed by atoms with van der Waals surface area (Å²) in [6, 6.07) is 3.90. The Kier molecular flexibility index (Phi) is 7.60. The summed E-state index contributed by atoms with van der Waals surface area (Å²) in [7, 11) is 1.62. The molecule has 10 heteroatoms. The van der Waals surface area contributed by atoms with E-state index >= 15 is 0 Å². The van der Waals surface area contributed by atoms with Crippen molar-refractivity contribution in [3.8, 4) is 0 Å². The first-order valence-corrected chi connectivity index (χ1v) is 11.8. The Labute approximate surface area is 188 Å². The van der Waals surface area contributed by atoms with E-state index in [4.69, 9.17) is 16.7 Å². The molecule has 1 heterocycles. The third kappa shape index (κ3) is 5.25. The van der Waals surface area contributed by atoms with E-state index in [1.54, 1.807) is 26.2 Å². The molecular formula is C20H23ClFN3O3S2. The first-order chi connectivity index (χ1) is 14.3. The summed E-state index contributed by atoms with van der Waals surface area (Å²) < 4.78 is 15.5. The number of thiazole rings is 1. The van der Waals surface area contributed by atoms with Gasteiger partial charge in [-0.05, 0) is 31.0 Å². The third-order valence-corrected chi connectivity index (χ3v) is 7.77. The van der Waals surface area contributed by atoms with Crippen LogP contribution in [0.4, 0.5) is 20.0 Å². The summed E-state index contributed by atoms with van der Waals surface area (Å²) in [6.45, 7) is 1.65. The number of carbonyl (C=O) groups is 2. The minimum Gasteiger partial charge on any atom is -0.481 e. The monoisotopic (exact) mass is 471 g/mol. The van der Waals surface area contributed by atoms with Gasteiger partial charge in [-0.2, -0.15) is 0 Å². The fourth-order valence-electron chi connectivity index (χ4n) is 3.29. The van der Waals surface area contributed by atoms with Crippen LogP contribution in [0.1, 0.15) is 32.6 Å². The molecule has 0 bridgehead atoms. The molecule has 1 unspecified atom stereocenters. The van der Waals surface area contributed by atoms with E-state index in [1.165, 1.54) is 45.0 Å². The Morgan fingerprint density at radius 3 is 2.73 bits per heavy atom. The van der Waals surface area contributed by atoms with Crippen LogP contribution in [0.15, 0.2) is 28.6 Å². The molecule has 0 radical (unpaired) electrons. The van der Waals surface area contributed by atoms with Crippen molar-refractivity contribution in [3.05, 3.63) is 35.2 Å². The maximum atomic E-state index is 14.7. The minimum atomic E-state index is -0.850. The van der Waals surface area contributed by atoms with Gasteiger partial charge in [0.2, 0.25) is 0 Å². The van der Waals surface area contributed by atoms with E-state index in [2.05, 4.69) is 4.98 Å². The van der Waals surface area contributed by atoms with Crippen molar-refractivity contribution in [1.82, 2.24) is 4.98 Å². The zero-order valence-corrected chi connectivity index (χ0v) is 19.1. The summed E-state index contributed by atoms with van der Waals surface area (Å²) in [6.07, 6.45) is 5.24. The fraction of sp³-hybridized carbons (Fsp3) is 0.450. The van der Waals surface area contributed by atoms with Crippen molar-refractivity contribution in [3.63, 3.8) is 0 Å². The molecule has 3 rings (SSSR count). The highest BCUT2D eigenvalue weighted by atomic mass is 35.5. The zero-order valence-electron chi connectivity index (χ0n) is 16.7. The molecule has 1 saturated carbocycles. The normalized spacial score (nSPS) is 15.2. The van der Waals surface area contributed by atoms with Crippen molar-refractivity contribution in [2.24, 2.45) is 5.92 Å². The Morgan fingerprint density at radius 1 is 1.40 bits per heavy atom. The van der Waals surface area contributed by atoms with Gasteiger partial charge in [0, 0.05) is 23.9 Å². The Bertz CT molecular complexity index is 920. The van der Waals surface area contributed by atoms with E-state index < -0.39 is 17.7 Å². The number of urea groups is 1. The Hall–Kier alpha value is -1.84. The molecule has 1 aromatic carbocycles. The molecule has 6 nitrogen and oxygen atoms in total. The molecule has 2 aromatic rings. The molecule has 1 atom stereocenters. The second kappa shape index (κ2) is 9.98. The maximum Gasteiger partial charge on any atom is 0.330 e. The number of carboxylic acids is 1. The van der Waals surface area contributed by atoms with Crippen molar-refractivity contribution < 1.29 is 19.1 Å². The predicted octanol–water partition coefficient (Wildman–Crippen LogP) is 5.75. The predicted molar refractivity (Wildman–Crippen MR) is 120 cm³/mol. The smallest absolute Gasteiger partial charge is 0.330 e. The van der Waals surface area contributed by atoms with Gasteiger partial charge in [0.1, 0.15) is 5.82 Å². The van der Waals surface area contributed by atoms with Crippen LogP contribution < -0.4 is 9.80 Å². The number of hydrogen-bond acceptors (Lipinski definition) is 5. The lowest BCUT2D eigenvalue weighted by Crippen LogP contribution is -2.47. The van der Waals surface area contributed by atoms with Gasteiger partial charge in [-0.1, -0.05) is 42.7 Å². The molecule has 30 heavy (non-hydrogen) atoms. The minimum absolute atomic E-state index is 0.0825. The quantitative estimate of drug-likeness (QED) is 0.520. The average Bonchev–Trinajstić information content (AvgIpc) is 3.39. The topological polar surface area (TPSA) is 73.7 Å². The number of aliphatic carboxylic acids is 1. The number of nitrogens with zero attached hydrogens (tertiary/aromatic N) is 3. The number of aromatic nitrogens is 1. The van der Waals surface area contributed by atoms with E-state index in [1.807, 2.05) is 0 Å².